The number of carbonyl (C=O) groups excluding carboxylic acids is 2. The molecule has 108 valence electrons. The van der Waals surface area contributed by atoms with Crippen LogP contribution < -0.4 is 0 Å². The van der Waals surface area contributed by atoms with E-state index in [1.165, 1.54) is 7.11 Å². The van der Waals surface area contributed by atoms with Crippen LogP contribution in [0.4, 0.5) is 0 Å². The number of halogens is 3. The summed E-state index contributed by atoms with van der Waals surface area (Å²) in [6.45, 7) is 0. The van der Waals surface area contributed by atoms with Crippen molar-refractivity contribution in [3.63, 3.8) is 0 Å². The van der Waals surface area contributed by atoms with Crippen molar-refractivity contribution in [1.82, 2.24) is 0 Å². The van der Waals surface area contributed by atoms with E-state index in [2.05, 4.69) is 4.74 Å². The van der Waals surface area contributed by atoms with Gasteiger partial charge in [-0.15, -0.1) is 0 Å². The third-order valence-electron chi connectivity index (χ3n) is 4.80. The molecule has 0 unspecified atom stereocenters. The highest BCUT2D eigenvalue weighted by Gasteiger charge is 2.55. The summed E-state index contributed by atoms with van der Waals surface area (Å²) in [6, 6.07) is 0. The number of ether oxygens (including phenoxy) is 1. The first kappa shape index (κ1) is 14.4. The van der Waals surface area contributed by atoms with Crippen molar-refractivity contribution in [2.24, 2.45) is 23.7 Å². The standard InChI is InChI=1S/C14H13Cl3O3/c1-20-14(19)11(16)9-7-5-2-3-6(4-5)8(7)10(15)12(17)13(9)18/h5-8H,2-4H2,1H3/b11-9-/t5-,6+,7+,8-/m1/s1. The second kappa shape index (κ2) is 5.04. The molecule has 4 atom stereocenters. The molecule has 0 radical (unpaired) electrons. The molecule has 0 spiro atoms. The zero-order valence-electron chi connectivity index (χ0n) is 10.8. The molecule has 0 aromatic heterocycles. The van der Waals surface area contributed by atoms with Crippen molar-refractivity contribution < 1.29 is 14.3 Å². The van der Waals surface area contributed by atoms with Gasteiger partial charge in [0.1, 0.15) is 10.1 Å². The molecule has 3 rings (SSSR count). The Hall–Kier alpha value is -0.510. The molecule has 3 aliphatic rings. The lowest BCUT2D eigenvalue weighted by Crippen LogP contribution is -2.34. The number of carbonyl (C=O) groups is 2. The van der Waals surface area contributed by atoms with E-state index < -0.39 is 11.8 Å². The van der Waals surface area contributed by atoms with Crippen molar-refractivity contribution in [3.05, 3.63) is 20.7 Å². The average Bonchev–Trinajstić information content (AvgIpc) is 3.05. The van der Waals surface area contributed by atoms with Gasteiger partial charge in [-0.2, -0.15) is 0 Å². The second-order valence-corrected chi connectivity index (χ2v) is 6.76. The number of hydrogen-bond acceptors (Lipinski definition) is 3. The predicted octanol–water partition coefficient (Wildman–Crippen LogP) is 3.59. The summed E-state index contributed by atoms with van der Waals surface area (Å²) < 4.78 is 4.63. The fourth-order valence-electron chi connectivity index (χ4n) is 4.04. The number of allylic oxidation sites excluding steroid dienone is 3. The molecule has 0 aromatic carbocycles. The summed E-state index contributed by atoms with van der Waals surface area (Å²) in [5.74, 6) is -0.422. The Bertz CT molecular complexity index is 564. The summed E-state index contributed by atoms with van der Waals surface area (Å²) in [5, 5.41) is 0.284. The summed E-state index contributed by atoms with van der Waals surface area (Å²) >= 11 is 18.4. The normalized spacial score (nSPS) is 38.1. The Balaban J connectivity index is 2.16. The van der Waals surface area contributed by atoms with Gasteiger partial charge < -0.3 is 4.74 Å². The highest BCUT2D eigenvalue weighted by molar-refractivity contribution is 6.53. The molecule has 0 amide bonds. The summed E-state index contributed by atoms with van der Waals surface area (Å²) in [7, 11) is 1.24. The summed E-state index contributed by atoms with van der Waals surface area (Å²) in [6.07, 6.45) is 3.14. The van der Waals surface area contributed by atoms with Crippen LogP contribution in [0.2, 0.25) is 0 Å². The van der Waals surface area contributed by atoms with Gasteiger partial charge in [-0.3, -0.25) is 4.79 Å². The Morgan fingerprint density at radius 3 is 2.40 bits per heavy atom. The molecule has 0 N–H and O–H groups in total. The van der Waals surface area contributed by atoms with E-state index in [1.807, 2.05) is 0 Å². The van der Waals surface area contributed by atoms with Crippen molar-refractivity contribution in [2.75, 3.05) is 7.11 Å². The van der Waals surface area contributed by atoms with E-state index in [-0.39, 0.29) is 21.9 Å². The highest BCUT2D eigenvalue weighted by Crippen LogP contribution is 2.61. The number of hydrogen-bond donors (Lipinski definition) is 0. The van der Waals surface area contributed by atoms with Crippen molar-refractivity contribution >= 4 is 46.6 Å². The van der Waals surface area contributed by atoms with Gasteiger partial charge in [0.25, 0.3) is 0 Å². The van der Waals surface area contributed by atoms with Gasteiger partial charge in [-0.05, 0) is 31.1 Å². The SMILES string of the molecule is COC(=O)/C(Cl)=C1/C(=O)C(Cl)=C(Cl)[C@@H]2[C@H]3CC[C@H](C3)[C@H]12. The molecule has 2 bridgehead atoms. The van der Waals surface area contributed by atoms with Gasteiger partial charge in [0.05, 0.1) is 7.11 Å². The topological polar surface area (TPSA) is 43.4 Å². The van der Waals surface area contributed by atoms with Crippen molar-refractivity contribution in [1.29, 1.82) is 0 Å². The fourth-order valence-corrected chi connectivity index (χ4v) is 4.96. The predicted molar refractivity (Wildman–Crippen MR) is 76.4 cm³/mol. The van der Waals surface area contributed by atoms with Gasteiger partial charge in [-0.1, -0.05) is 34.8 Å². The van der Waals surface area contributed by atoms with Gasteiger partial charge in [0.15, 0.2) is 0 Å². The van der Waals surface area contributed by atoms with Gasteiger partial charge in [0, 0.05) is 22.4 Å². The smallest absolute Gasteiger partial charge is 0.349 e. The van der Waals surface area contributed by atoms with Gasteiger partial charge in [0.2, 0.25) is 5.78 Å². The number of Topliss-reactive ketones (excluding diaryl/α,β-unsaturated/α-hetero) is 1. The van der Waals surface area contributed by atoms with E-state index in [0.717, 1.165) is 19.3 Å². The molecule has 20 heavy (non-hydrogen) atoms. The van der Waals surface area contributed by atoms with Gasteiger partial charge in [-0.25, -0.2) is 4.79 Å². The molecule has 2 saturated carbocycles. The number of methoxy groups -OCH3 is 1. The van der Waals surface area contributed by atoms with Crippen LogP contribution in [-0.4, -0.2) is 18.9 Å². The molecule has 3 aliphatic carbocycles. The van der Waals surface area contributed by atoms with Crippen LogP contribution in [-0.2, 0) is 14.3 Å². The molecule has 6 heteroatoms. The van der Waals surface area contributed by atoms with E-state index >= 15 is 0 Å². The first-order chi connectivity index (χ1) is 9.47. The quantitative estimate of drug-likeness (QED) is 0.543. The Morgan fingerprint density at radius 2 is 1.80 bits per heavy atom. The maximum absolute atomic E-state index is 12.4. The molecule has 0 heterocycles. The molecule has 0 saturated heterocycles. The largest absolute Gasteiger partial charge is 0.465 e. The van der Waals surface area contributed by atoms with Crippen molar-refractivity contribution in [3.8, 4) is 0 Å². The number of ketones is 1. The third-order valence-corrected chi connectivity index (χ3v) is 6.07. The molecule has 0 aliphatic heterocycles. The molecule has 2 fully saturated rings. The molecule has 0 aromatic rings. The third kappa shape index (κ3) is 1.87. The first-order valence-electron chi connectivity index (χ1n) is 6.55. The Labute approximate surface area is 131 Å². The van der Waals surface area contributed by atoms with Crippen LogP contribution in [0.5, 0.6) is 0 Å². The minimum absolute atomic E-state index is 0.00230. The van der Waals surface area contributed by atoms with Crippen LogP contribution in [0, 0.1) is 23.7 Å². The summed E-state index contributed by atoms with van der Waals surface area (Å²) in [4.78, 5) is 24.1. The highest BCUT2D eigenvalue weighted by atomic mass is 35.5. The Kier molecular flexibility index (Phi) is 3.64. The lowest BCUT2D eigenvalue weighted by molar-refractivity contribution is -0.135. The maximum atomic E-state index is 12.4. The van der Waals surface area contributed by atoms with E-state index in [9.17, 15) is 9.59 Å². The van der Waals surface area contributed by atoms with Crippen LogP contribution in [0.15, 0.2) is 20.7 Å². The van der Waals surface area contributed by atoms with Crippen LogP contribution in [0.25, 0.3) is 0 Å². The number of fused-ring (bicyclic) bond motifs is 5. The fraction of sp³-hybridized carbons (Fsp3) is 0.571. The zero-order chi connectivity index (χ0) is 14.6. The minimum Gasteiger partial charge on any atom is -0.465 e. The van der Waals surface area contributed by atoms with Crippen LogP contribution in [0.3, 0.4) is 0 Å². The number of esters is 1. The average molecular weight is 336 g/mol. The van der Waals surface area contributed by atoms with E-state index in [4.69, 9.17) is 34.8 Å². The maximum Gasteiger partial charge on any atom is 0.349 e. The molecular weight excluding hydrogens is 323 g/mol. The second-order valence-electron chi connectivity index (χ2n) is 5.60. The molecular formula is C14H13Cl3O3. The van der Waals surface area contributed by atoms with Gasteiger partial charge >= 0.3 is 5.97 Å². The number of rotatable bonds is 1. The minimum atomic E-state index is -0.695. The van der Waals surface area contributed by atoms with Crippen LogP contribution >= 0.6 is 34.8 Å². The monoisotopic (exact) mass is 334 g/mol. The van der Waals surface area contributed by atoms with Crippen molar-refractivity contribution in [2.45, 2.75) is 19.3 Å². The lowest BCUT2D eigenvalue weighted by Gasteiger charge is -2.36. The van der Waals surface area contributed by atoms with E-state index in [1.54, 1.807) is 0 Å². The van der Waals surface area contributed by atoms with E-state index in [0.29, 0.717) is 22.4 Å². The lowest BCUT2D eigenvalue weighted by atomic mass is 9.70. The first-order valence-corrected chi connectivity index (χ1v) is 7.68. The molecule has 3 nitrogen and oxygen atoms in total. The zero-order valence-corrected chi connectivity index (χ0v) is 13.1. The Morgan fingerprint density at radius 1 is 1.20 bits per heavy atom. The summed E-state index contributed by atoms with van der Waals surface area (Å²) in [5.41, 5.74) is 0.296. The van der Waals surface area contributed by atoms with Crippen LogP contribution in [0.1, 0.15) is 19.3 Å².